The predicted molar refractivity (Wildman–Crippen MR) is 369 cm³/mol. The van der Waals surface area contributed by atoms with E-state index in [1.165, 1.54) is 16.7 Å². The highest BCUT2D eigenvalue weighted by Gasteiger charge is 2.08. The van der Waals surface area contributed by atoms with Gasteiger partial charge >= 0.3 is 47.8 Å². The normalized spacial score (nSPS) is 9.77. The van der Waals surface area contributed by atoms with Gasteiger partial charge in [-0.15, -0.1) is 0 Å². The third-order valence-electron chi connectivity index (χ3n) is 14.1. The van der Waals surface area contributed by atoms with E-state index < -0.39 is 47.8 Å². The Labute approximate surface area is 552 Å². The van der Waals surface area contributed by atoms with Gasteiger partial charge in [-0.2, -0.15) is 0 Å². The van der Waals surface area contributed by atoms with Crippen LogP contribution in [-0.4, -0.2) is 88.6 Å². The molecule has 16 heteroatoms. The van der Waals surface area contributed by atoms with E-state index in [1.807, 2.05) is 255 Å². The number of rotatable bonds is 16. The van der Waals surface area contributed by atoms with Crippen LogP contribution in [0.25, 0.3) is 0 Å². The van der Waals surface area contributed by atoms with Gasteiger partial charge in [0.1, 0.15) is 0 Å². The van der Waals surface area contributed by atoms with Gasteiger partial charge in [0.25, 0.3) is 0 Å². The molecule has 500 valence electrons. The van der Waals surface area contributed by atoms with E-state index >= 15 is 0 Å². The molecule has 0 spiro atoms. The molecule has 0 amide bonds. The van der Waals surface area contributed by atoms with Crippen LogP contribution in [0.5, 0.6) is 0 Å². The Hall–Kier alpha value is -10.5. The number of hydrogen-bond donors (Lipinski definition) is 8. The van der Waals surface area contributed by atoms with Crippen molar-refractivity contribution in [1.29, 1.82) is 0 Å². The Balaban J connectivity index is 0.000000537. The molecule has 0 fully saturated rings. The Morgan fingerprint density at radius 3 is 0.989 bits per heavy atom. The van der Waals surface area contributed by atoms with E-state index in [1.54, 1.807) is 0 Å². The van der Waals surface area contributed by atoms with Crippen molar-refractivity contribution in [2.45, 2.75) is 148 Å². The molecule has 94 heavy (non-hydrogen) atoms. The highest BCUT2D eigenvalue weighted by atomic mass is 16.4. The highest BCUT2D eigenvalue weighted by molar-refractivity contribution is 5.74. The maximum Gasteiger partial charge on any atom is 0.307 e. The van der Waals surface area contributed by atoms with Crippen LogP contribution in [0.15, 0.2) is 158 Å². The molecule has 0 radical (unpaired) electrons. The molecule has 0 saturated carbocycles. The van der Waals surface area contributed by atoms with Crippen molar-refractivity contribution in [1.82, 2.24) is 0 Å². The maximum atomic E-state index is 10.4. The first kappa shape index (κ1) is 81.5. The highest BCUT2D eigenvalue weighted by Crippen LogP contribution is 2.16. The summed E-state index contributed by atoms with van der Waals surface area (Å²) >= 11 is 0. The number of hydrogen-bond acceptors (Lipinski definition) is 8. The molecule has 0 bridgehead atoms. The van der Waals surface area contributed by atoms with Gasteiger partial charge in [-0.25, -0.2) is 0 Å². The van der Waals surface area contributed by atoms with E-state index in [0.29, 0.717) is 0 Å². The third-order valence-corrected chi connectivity index (χ3v) is 14.1. The molecule has 8 rings (SSSR count). The van der Waals surface area contributed by atoms with Crippen molar-refractivity contribution in [3.63, 3.8) is 0 Å². The van der Waals surface area contributed by atoms with Crippen LogP contribution >= 0.6 is 0 Å². The number of carboxylic acids is 8. The van der Waals surface area contributed by atoms with E-state index in [9.17, 15) is 38.4 Å². The lowest BCUT2D eigenvalue weighted by molar-refractivity contribution is -0.137. The Kier molecular flexibility index (Phi) is 36.9. The zero-order valence-electron chi connectivity index (χ0n) is 56.5. The van der Waals surface area contributed by atoms with E-state index in [2.05, 4.69) is 0 Å². The lowest BCUT2D eigenvalue weighted by Crippen LogP contribution is -2.02. The number of carbonyl (C=O) groups is 8. The van der Waals surface area contributed by atoms with Crippen molar-refractivity contribution in [2.75, 3.05) is 0 Å². The summed E-state index contributed by atoms with van der Waals surface area (Å²) < 4.78 is 0. The van der Waals surface area contributed by atoms with Crippen LogP contribution < -0.4 is 0 Å². The summed E-state index contributed by atoms with van der Waals surface area (Å²) in [6.07, 6.45) is 0.917. The second kappa shape index (κ2) is 42.6. The van der Waals surface area contributed by atoms with Crippen molar-refractivity contribution < 1.29 is 79.2 Å². The molecule has 0 heterocycles. The average molecular weight is 1290 g/mol. The molecule has 8 aromatic rings. The number of benzene rings is 8. The third kappa shape index (κ3) is 37.0. The minimum Gasteiger partial charge on any atom is -0.481 e. The van der Waals surface area contributed by atoms with Gasteiger partial charge in [-0.3, -0.25) is 38.4 Å². The van der Waals surface area contributed by atoms with Crippen molar-refractivity contribution in [3.05, 3.63) is 280 Å². The van der Waals surface area contributed by atoms with E-state index in [4.69, 9.17) is 40.9 Å². The van der Waals surface area contributed by atoms with E-state index in [0.717, 1.165) is 106 Å². The van der Waals surface area contributed by atoms with Crippen LogP contribution in [-0.2, 0) is 89.7 Å². The monoisotopic (exact) mass is 1280 g/mol. The zero-order chi connectivity index (χ0) is 71.4. The summed E-state index contributed by atoms with van der Waals surface area (Å²) in [5.74, 6) is -6.23. The van der Waals surface area contributed by atoms with Crippen LogP contribution in [0, 0.1) is 96.9 Å². The topological polar surface area (TPSA) is 298 Å². The van der Waals surface area contributed by atoms with Crippen molar-refractivity contribution >= 4 is 47.8 Å². The second-order valence-electron chi connectivity index (χ2n) is 23.1. The van der Waals surface area contributed by atoms with Gasteiger partial charge in [0.15, 0.2) is 0 Å². The summed E-state index contributed by atoms with van der Waals surface area (Å²) in [6, 6.07) is 49.7. The molecule has 8 aromatic carbocycles. The summed E-state index contributed by atoms with van der Waals surface area (Å²) in [7, 11) is 0. The van der Waals surface area contributed by atoms with Crippen LogP contribution in [0.1, 0.15) is 122 Å². The Bertz CT molecular complexity index is 3720. The molecule has 8 N–H and O–H groups in total. The van der Waals surface area contributed by atoms with E-state index in [-0.39, 0.29) is 51.4 Å². The van der Waals surface area contributed by atoms with Gasteiger partial charge in [-0.05, 0) is 186 Å². The largest absolute Gasteiger partial charge is 0.481 e. The molecule has 0 aromatic heterocycles. The van der Waals surface area contributed by atoms with Crippen LogP contribution in [0.4, 0.5) is 0 Å². The first-order chi connectivity index (χ1) is 43.9. The number of carboxylic acid groups (broad SMARTS) is 8. The Morgan fingerprint density at radius 1 is 0.213 bits per heavy atom. The van der Waals surface area contributed by atoms with Gasteiger partial charge < -0.3 is 40.9 Å². The van der Waals surface area contributed by atoms with Gasteiger partial charge in [0, 0.05) is 0 Å². The van der Waals surface area contributed by atoms with Gasteiger partial charge in [0.2, 0.25) is 0 Å². The predicted octanol–water partition coefficient (Wildman–Crippen LogP) is 14.8. The maximum absolute atomic E-state index is 10.4. The molecule has 0 aliphatic heterocycles. The summed E-state index contributed by atoms with van der Waals surface area (Å²) in [5.41, 5.74) is 22.8. The average Bonchev–Trinajstić information content (AvgIpc) is 1.63. The van der Waals surface area contributed by atoms with Crippen LogP contribution in [0.3, 0.4) is 0 Å². The first-order valence-electron chi connectivity index (χ1n) is 30.1. The fraction of sp³-hybridized carbons (Fsp3) is 0.282. The first-order valence-corrected chi connectivity index (χ1v) is 30.1. The summed E-state index contributed by atoms with van der Waals surface area (Å²) in [6.45, 7) is 27.6. The molecule has 0 aliphatic carbocycles. The van der Waals surface area contributed by atoms with Crippen molar-refractivity contribution in [2.24, 2.45) is 0 Å². The number of aryl methyl sites for hydroxylation is 13. The minimum absolute atomic E-state index is 0.111. The molecule has 16 nitrogen and oxygen atoms in total. The van der Waals surface area contributed by atoms with Gasteiger partial charge in [0.05, 0.1) is 51.4 Å². The quantitative estimate of drug-likeness (QED) is 0.0446. The summed E-state index contributed by atoms with van der Waals surface area (Å²) in [5, 5.41) is 68.2. The van der Waals surface area contributed by atoms with Crippen LogP contribution in [0.2, 0.25) is 0 Å². The molecule has 0 atom stereocenters. The fourth-order valence-corrected chi connectivity index (χ4v) is 8.93. The van der Waals surface area contributed by atoms with Gasteiger partial charge in [-0.1, -0.05) is 191 Å². The molecular formula is C78H92O16. The molecule has 0 aliphatic rings. The molecule has 0 saturated heterocycles. The second-order valence-corrected chi connectivity index (χ2v) is 23.1. The SMILES string of the molecule is Cc1cc(C)cc(CC(=O)O)c1.Cc1ccc(C)c(CC(=O)O)c1.Cc1ccc(CC(=O)O)c(C)c1.Cc1ccc(CC(=O)O)cc1.Cc1ccc(CC(=O)O)cc1C.Cc1ccc(CC(=O)O)cc1C.Cc1cccc(CC(=O)O)c1.Cc1cccc(CC(=O)O)c1C. The lowest BCUT2D eigenvalue weighted by atomic mass is 10.0. The smallest absolute Gasteiger partial charge is 0.307 e. The van der Waals surface area contributed by atoms with Crippen molar-refractivity contribution in [3.8, 4) is 0 Å². The number of aliphatic carboxylic acids is 8. The molecular weight excluding hydrogens is 1190 g/mol. The lowest BCUT2D eigenvalue weighted by Gasteiger charge is -2.04. The fourth-order valence-electron chi connectivity index (χ4n) is 8.93. The standard InChI is InChI=1S/6C10H12O2.2C9H10O2/c1-7-3-8(2)5-9(4-7)6-10(11)12;2*1-7-3-4-9(5-8(7)2)6-10(11)12;1-7-3-4-9(6-10(11)12)8(2)5-7;1-7-3-4-8(2)9(5-7)6-10(11)12;1-7-4-3-5-9(8(7)2)6-10(11)12;1-7-2-4-8(5-3-7)6-9(10)11;1-7-3-2-4-8(5-7)6-9(10)11/h6*3-5H,6H2,1-2H3,(H,11,12);2*2-5H,6H2,1H3,(H,10,11). The minimum atomic E-state index is -0.783. The Morgan fingerprint density at radius 2 is 0.553 bits per heavy atom. The summed E-state index contributed by atoms with van der Waals surface area (Å²) in [4.78, 5) is 82.9. The molecule has 0 unspecified atom stereocenters. The zero-order valence-corrected chi connectivity index (χ0v) is 56.5.